The van der Waals surface area contributed by atoms with Gasteiger partial charge in [0.1, 0.15) is 11.3 Å². The van der Waals surface area contributed by atoms with Crippen LogP contribution in [0, 0.1) is 0 Å². The summed E-state index contributed by atoms with van der Waals surface area (Å²) in [5, 5.41) is 7.48. The number of Topliss-reactive ketones (excluding diaryl/α,β-unsaturated/α-hetero) is 1. The Morgan fingerprint density at radius 3 is 2.67 bits per heavy atom. The summed E-state index contributed by atoms with van der Waals surface area (Å²) in [5.41, 5.74) is -0.103. The maximum absolute atomic E-state index is 12.3. The second-order valence-corrected chi connectivity index (χ2v) is 3.98. The van der Waals surface area contributed by atoms with Gasteiger partial charge >= 0.3 is 0 Å². The third-order valence-electron chi connectivity index (χ3n) is 3.16. The molecule has 1 heterocycles. The maximum atomic E-state index is 12.3. The van der Waals surface area contributed by atoms with Crippen LogP contribution >= 0.6 is 0 Å². The number of methoxy groups -OCH3 is 1. The molecular weight excluding hydrogens is 194 g/mol. The van der Waals surface area contributed by atoms with Gasteiger partial charge in [0.15, 0.2) is 0 Å². The highest BCUT2D eigenvalue weighted by Gasteiger charge is 2.42. The second kappa shape index (κ2) is 3.73. The molecule has 5 heteroatoms. The summed E-state index contributed by atoms with van der Waals surface area (Å²) in [5.74, 6) is 0.00926. The van der Waals surface area contributed by atoms with Crippen molar-refractivity contribution in [1.82, 2.24) is 15.0 Å². The number of nitrogens with zero attached hydrogens (tertiary/aromatic N) is 3. The van der Waals surface area contributed by atoms with E-state index in [1.807, 2.05) is 0 Å². The Balaban J connectivity index is 2.30. The van der Waals surface area contributed by atoms with E-state index in [4.69, 9.17) is 4.74 Å². The minimum absolute atomic E-state index is 0.00926. The summed E-state index contributed by atoms with van der Waals surface area (Å²) in [4.78, 5) is 12.3. The quantitative estimate of drug-likeness (QED) is 0.696. The Kier molecular flexibility index (Phi) is 2.56. The Morgan fingerprint density at radius 1 is 1.53 bits per heavy atom. The van der Waals surface area contributed by atoms with Crippen LogP contribution in [0.1, 0.15) is 36.2 Å². The average Bonchev–Trinajstić information content (AvgIpc) is 2.86. The maximum Gasteiger partial charge on any atom is 0.214 e. The van der Waals surface area contributed by atoms with Crippen LogP contribution in [0.5, 0.6) is 0 Å². The van der Waals surface area contributed by atoms with E-state index in [2.05, 4.69) is 10.3 Å². The number of carbonyl (C=O) groups excluding carboxylic acids is 1. The zero-order chi connectivity index (χ0) is 10.9. The molecule has 15 heavy (non-hydrogen) atoms. The van der Waals surface area contributed by atoms with Crippen molar-refractivity contribution >= 4 is 5.78 Å². The SMILES string of the molecule is COC1(C(=O)c2cnnn2C)CCCC1. The van der Waals surface area contributed by atoms with E-state index < -0.39 is 5.60 Å². The fourth-order valence-electron chi connectivity index (χ4n) is 2.20. The van der Waals surface area contributed by atoms with Crippen LogP contribution < -0.4 is 0 Å². The first-order chi connectivity index (χ1) is 7.19. The van der Waals surface area contributed by atoms with Gasteiger partial charge in [-0.2, -0.15) is 0 Å². The van der Waals surface area contributed by atoms with E-state index in [1.165, 1.54) is 10.9 Å². The van der Waals surface area contributed by atoms with Gasteiger partial charge in [0.2, 0.25) is 5.78 Å². The third-order valence-corrected chi connectivity index (χ3v) is 3.16. The van der Waals surface area contributed by atoms with E-state index >= 15 is 0 Å². The van der Waals surface area contributed by atoms with Crippen LogP contribution in [0.3, 0.4) is 0 Å². The number of aryl methyl sites for hydroxylation is 1. The minimum Gasteiger partial charge on any atom is -0.370 e. The summed E-state index contributed by atoms with van der Waals surface area (Å²) in [7, 11) is 3.32. The minimum atomic E-state index is -0.629. The molecule has 1 saturated carbocycles. The average molecular weight is 209 g/mol. The van der Waals surface area contributed by atoms with Gasteiger partial charge < -0.3 is 4.74 Å². The van der Waals surface area contributed by atoms with Crippen LogP contribution in [0.2, 0.25) is 0 Å². The molecule has 0 amide bonds. The van der Waals surface area contributed by atoms with Crippen molar-refractivity contribution in [2.75, 3.05) is 7.11 Å². The number of ether oxygens (including phenoxy) is 1. The standard InChI is InChI=1S/C10H15N3O2/c1-13-8(7-11-12-13)9(14)10(15-2)5-3-4-6-10/h7H,3-6H2,1-2H3. The number of carbonyl (C=O) groups is 1. The molecule has 0 spiro atoms. The van der Waals surface area contributed by atoms with Crippen molar-refractivity contribution in [1.29, 1.82) is 0 Å². The van der Waals surface area contributed by atoms with E-state index in [9.17, 15) is 4.79 Å². The predicted molar refractivity (Wildman–Crippen MR) is 53.5 cm³/mol. The Hall–Kier alpha value is -1.23. The highest BCUT2D eigenvalue weighted by molar-refractivity contribution is 6.01. The molecule has 0 unspecified atom stereocenters. The lowest BCUT2D eigenvalue weighted by atomic mass is 9.94. The Labute approximate surface area is 88.4 Å². The molecular formula is C10H15N3O2. The molecule has 0 saturated heterocycles. The normalized spacial score (nSPS) is 19.3. The topological polar surface area (TPSA) is 57.0 Å². The van der Waals surface area contributed by atoms with Crippen molar-refractivity contribution in [3.05, 3.63) is 11.9 Å². The monoisotopic (exact) mass is 209 g/mol. The first-order valence-corrected chi connectivity index (χ1v) is 5.14. The van der Waals surface area contributed by atoms with Crippen LogP contribution in [0.4, 0.5) is 0 Å². The third kappa shape index (κ3) is 1.56. The molecule has 0 bridgehead atoms. The largest absolute Gasteiger partial charge is 0.370 e. The van der Waals surface area contributed by atoms with Crippen LogP contribution in [-0.2, 0) is 11.8 Å². The van der Waals surface area contributed by atoms with Gasteiger partial charge in [-0.05, 0) is 25.7 Å². The van der Waals surface area contributed by atoms with Crippen molar-refractivity contribution in [2.24, 2.45) is 7.05 Å². The summed E-state index contributed by atoms with van der Waals surface area (Å²) < 4.78 is 6.92. The fraction of sp³-hybridized carbons (Fsp3) is 0.700. The van der Waals surface area contributed by atoms with Gasteiger partial charge in [-0.1, -0.05) is 5.21 Å². The summed E-state index contributed by atoms with van der Waals surface area (Å²) in [6.07, 6.45) is 5.19. The molecule has 1 aromatic heterocycles. The van der Waals surface area contributed by atoms with E-state index in [0.717, 1.165) is 25.7 Å². The molecule has 0 radical (unpaired) electrons. The molecule has 1 fully saturated rings. The van der Waals surface area contributed by atoms with Crippen molar-refractivity contribution in [2.45, 2.75) is 31.3 Å². The van der Waals surface area contributed by atoms with Crippen molar-refractivity contribution in [3.8, 4) is 0 Å². The van der Waals surface area contributed by atoms with E-state index in [1.54, 1.807) is 14.2 Å². The predicted octanol–water partition coefficient (Wildman–Crippen LogP) is 0.957. The van der Waals surface area contributed by atoms with Gasteiger partial charge in [0.05, 0.1) is 6.20 Å². The highest BCUT2D eigenvalue weighted by atomic mass is 16.5. The summed E-state index contributed by atoms with van der Waals surface area (Å²) in [6.45, 7) is 0. The van der Waals surface area contributed by atoms with Gasteiger partial charge in [0.25, 0.3) is 0 Å². The van der Waals surface area contributed by atoms with Gasteiger partial charge in [-0.25, -0.2) is 4.68 Å². The molecule has 5 nitrogen and oxygen atoms in total. The fourth-order valence-corrected chi connectivity index (χ4v) is 2.20. The highest BCUT2D eigenvalue weighted by Crippen LogP contribution is 2.35. The lowest BCUT2D eigenvalue weighted by Crippen LogP contribution is -2.38. The first kappa shape index (κ1) is 10.3. The van der Waals surface area contributed by atoms with Crippen molar-refractivity contribution in [3.63, 3.8) is 0 Å². The Bertz CT molecular complexity index is 366. The van der Waals surface area contributed by atoms with Crippen molar-refractivity contribution < 1.29 is 9.53 Å². The summed E-state index contributed by atoms with van der Waals surface area (Å²) >= 11 is 0. The zero-order valence-corrected chi connectivity index (χ0v) is 9.06. The number of ketones is 1. The van der Waals surface area contributed by atoms with Crippen LogP contribution in [0.25, 0.3) is 0 Å². The van der Waals surface area contributed by atoms with Gasteiger partial charge in [-0.15, -0.1) is 5.10 Å². The second-order valence-electron chi connectivity index (χ2n) is 3.98. The molecule has 1 aliphatic rings. The molecule has 2 rings (SSSR count). The molecule has 0 aliphatic heterocycles. The molecule has 0 N–H and O–H groups in total. The molecule has 0 aromatic carbocycles. The molecule has 1 aliphatic carbocycles. The zero-order valence-electron chi connectivity index (χ0n) is 9.06. The van der Waals surface area contributed by atoms with Gasteiger partial charge in [-0.3, -0.25) is 4.79 Å². The van der Waals surface area contributed by atoms with Gasteiger partial charge in [0, 0.05) is 14.2 Å². The first-order valence-electron chi connectivity index (χ1n) is 5.14. The summed E-state index contributed by atoms with van der Waals surface area (Å²) in [6, 6.07) is 0. The Morgan fingerprint density at radius 2 is 2.20 bits per heavy atom. The number of hydrogen-bond donors (Lipinski definition) is 0. The number of hydrogen-bond acceptors (Lipinski definition) is 4. The number of aromatic nitrogens is 3. The lowest BCUT2D eigenvalue weighted by molar-refractivity contribution is 0.00523. The molecule has 0 atom stereocenters. The lowest BCUT2D eigenvalue weighted by Gasteiger charge is -2.25. The molecule has 1 aromatic rings. The van der Waals surface area contributed by atoms with E-state index in [0.29, 0.717) is 5.69 Å². The smallest absolute Gasteiger partial charge is 0.214 e. The molecule has 82 valence electrons. The number of rotatable bonds is 3. The van der Waals surface area contributed by atoms with Crippen LogP contribution in [0.15, 0.2) is 6.20 Å². The van der Waals surface area contributed by atoms with E-state index in [-0.39, 0.29) is 5.78 Å². The van der Waals surface area contributed by atoms with Crippen LogP contribution in [-0.4, -0.2) is 33.5 Å².